The number of benzene rings is 1. The van der Waals surface area contributed by atoms with E-state index in [-0.39, 0.29) is 5.54 Å². The summed E-state index contributed by atoms with van der Waals surface area (Å²) in [7, 11) is 1.69. The minimum Gasteiger partial charge on any atom is -0.497 e. The van der Waals surface area contributed by atoms with E-state index in [1.807, 2.05) is 12.1 Å². The molecule has 0 saturated heterocycles. The predicted octanol–water partition coefficient (Wildman–Crippen LogP) is 3.15. The lowest BCUT2D eigenvalue weighted by Crippen LogP contribution is -2.31. The number of methoxy groups -OCH3 is 1. The van der Waals surface area contributed by atoms with Crippen LogP contribution in [0.3, 0.4) is 0 Å². The molecule has 0 radical (unpaired) electrons. The van der Waals surface area contributed by atoms with Crippen molar-refractivity contribution in [1.82, 2.24) is 0 Å². The van der Waals surface area contributed by atoms with Gasteiger partial charge in [-0.2, -0.15) is 0 Å². The van der Waals surface area contributed by atoms with E-state index in [0.717, 1.165) is 18.6 Å². The van der Waals surface area contributed by atoms with Crippen molar-refractivity contribution in [2.24, 2.45) is 5.73 Å². The van der Waals surface area contributed by atoms with Gasteiger partial charge in [0, 0.05) is 5.54 Å². The van der Waals surface area contributed by atoms with Crippen molar-refractivity contribution in [3.63, 3.8) is 0 Å². The molecule has 90 valence electrons. The first-order chi connectivity index (χ1) is 7.51. The topological polar surface area (TPSA) is 35.2 Å². The van der Waals surface area contributed by atoms with Crippen LogP contribution in [0.4, 0.5) is 0 Å². The Morgan fingerprint density at radius 3 is 2.25 bits per heavy atom. The molecule has 0 heterocycles. The van der Waals surface area contributed by atoms with E-state index in [1.54, 1.807) is 7.11 Å². The van der Waals surface area contributed by atoms with Gasteiger partial charge in [0.2, 0.25) is 0 Å². The Kier molecular flexibility index (Phi) is 4.81. The molecular weight excluding hydrogens is 198 g/mol. The molecule has 0 aliphatic heterocycles. The first kappa shape index (κ1) is 13.0. The molecule has 0 saturated carbocycles. The van der Waals surface area contributed by atoms with Gasteiger partial charge in [0.25, 0.3) is 0 Å². The number of ether oxygens (including phenoxy) is 1. The fraction of sp³-hybridized carbons (Fsp3) is 0.571. The van der Waals surface area contributed by atoms with Crippen LogP contribution < -0.4 is 10.5 Å². The van der Waals surface area contributed by atoms with E-state index in [0.29, 0.717) is 0 Å². The molecule has 0 fully saturated rings. The lowest BCUT2D eigenvalue weighted by atomic mass is 9.97. The molecule has 0 aromatic heterocycles. The van der Waals surface area contributed by atoms with E-state index < -0.39 is 0 Å². The maximum absolute atomic E-state index is 5.94. The van der Waals surface area contributed by atoms with Crippen molar-refractivity contribution < 1.29 is 4.74 Å². The largest absolute Gasteiger partial charge is 0.497 e. The van der Waals surface area contributed by atoms with Crippen LogP contribution in [-0.4, -0.2) is 12.6 Å². The summed E-state index contributed by atoms with van der Waals surface area (Å²) in [6, 6.07) is 8.29. The van der Waals surface area contributed by atoms with Crippen LogP contribution in [0.1, 0.15) is 38.7 Å². The van der Waals surface area contributed by atoms with Gasteiger partial charge >= 0.3 is 0 Å². The molecule has 2 nitrogen and oxygen atoms in total. The zero-order valence-electron chi connectivity index (χ0n) is 10.6. The van der Waals surface area contributed by atoms with E-state index in [4.69, 9.17) is 10.5 Å². The number of aryl methyl sites for hydroxylation is 1. The van der Waals surface area contributed by atoms with E-state index >= 15 is 0 Å². The van der Waals surface area contributed by atoms with Crippen molar-refractivity contribution >= 4 is 0 Å². The SMILES string of the molecule is COc1ccc(CCCCC(C)(C)N)cc1. The molecule has 1 aromatic rings. The zero-order chi connectivity index (χ0) is 12.0. The number of unbranched alkanes of at least 4 members (excludes halogenated alkanes) is 1. The number of hydrogen-bond donors (Lipinski definition) is 1. The van der Waals surface area contributed by atoms with Crippen LogP contribution in [-0.2, 0) is 6.42 Å². The minimum absolute atomic E-state index is 0.0279. The molecular formula is C14H23NO. The van der Waals surface area contributed by atoms with Gasteiger partial charge in [-0.25, -0.2) is 0 Å². The third-order valence-corrected chi connectivity index (χ3v) is 2.70. The summed E-state index contributed by atoms with van der Waals surface area (Å²) in [6.45, 7) is 4.17. The molecule has 1 rings (SSSR count). The van der Waals surface area contributed by atoms with Crippen LogP contribution in [0, 0.1) is 0 Å². The zero-order valence-corrected chi connectivity index (χ0v) is 10.6. The lowest BCUT2D eigenvalue weighted by molar-refractivity contribution is 0.414. The van der Waals surface area contributed by atoms with Crippen LogP contribution in [0.25, 0.3) is 0 Å². The molecule has 0 bridgehead atoms. The standard InChI is InChI=1S/C14H23NO/c1-14(2,15)11-5-4-6-12-7-9-13(16-3)10-8-12/h7-10H,4-6,11,15H2,1-3H3. The lowest BCUT2D eigenvalue weighted by Gasteiger charge is -2.17. The quantitative estimate of drug-likeness (QED) is 0.749. The van der Waals surface area contributed by atoms with Crippen LogP contribution in [0.5, 0.6) is 5.75 Å². The first-order valence-electron chi connectivity index (χ1n) is 5.93. The van der Waals surface area contributed by atoms with E-state index in [2.05, 4.69) is 26.0 Å². The second-order valence-corrected chi connectivity index (χ2v) is 5.04. The molecule has 0 atom stereocenters. The highest BCUT2D eigenvalue weighted by Gasteiger charge is 2.09. The molecule has 0 aliphatic rings. The van der Waals surface area contributed by atoms with E-state index in [9.17, 15) is 0 Å². The van der Waals surface area contributed by atoms with Gasteiger partial charge in [0.15, 0.2) is 0 Å². The number of rotatable bonds is 6. The molecule has 0 spiro atoms. The van der Waals surface area contributed by atoms with Crippen LogP contribution >= 0.6 is 0 Å². The maximum Gasteiger partial charge on any atom is 0.118 e. The Balaban J connectivity index is 2.27. The Labute approximate surface area is 98.8 Å². The molecule has 0 aliphatic carbocycles. The van der Waals surface area contributed by atoms with Crippen molar-refractivity contribution in [1.29, 1.82) is 0 Å². The van der Waals surface area contributed by atoms with Crippen molar-refractivity contribution in [2.75, 3.05) is 7.11 Å². The van der Waals surface area contributed by atoms with Gasteiger partial charge in [-0.05, 0) is 50.8 Å². The Bertz CT molecular complexity index is 298. The second kappa shape index (κ2) is 5.90. The second-order valence-electron chi connectivity index (χ2n) is 5.04. The summed E-state index contributed by atoms with van der Waals surface area (Å²) in [5, 5.41) is 0. The minimum atomic E-state index is -0.0279. The monoisotopic (exact) mass is 221 g/mol. The van der Waals surface area contributed by atoms with Gasteiger partial charge in [0.1, 0.15) is 5.75 Å². The third-order valence-electron chi connectivity index (χ3n) is 2.70. The Hall–Kier alpha value is -1.02. The maximum atomic E-state index is 5.94. The summed E-state index contributed by atoms with van der Waals surface area (Å²) in [5.74, 6) is 0.923. The first-order valence-corrected chi connectivity index (χ1v) is 5.93. The average Bonchev–Trinajstić information content (AvgIpc) is 2.24. The molecule has 1 aromatic carbocycles. The number of hydrogen-bond acceptors (Lipinski definition) is 2. The fourth-order valence-corrected chi connectivity index (χ4v) is 1.70. The average molecular weight is 221 g/mol. The number of nitrogens with two attached hydrogens (primary N) is 1. The third kappa shape index (κ3) is 5.17. The summed E-state index contributed by atoms with van der Waals surface area (Å²) in [4.78, 5) is 0. The van der Waals surface area contributed by atoms with Crippen LogP contribution in [0.15, 0.2) is 24.3 Å². The molecule has 16 heavy (non-hydrogen) atoms. The van der Waals surface area contributed by atoms with Crippen molar-refractivity contribution in [2.45, 2.75) is 45.1 Å². The molecule has 2 heteroatoms. The van der Waals surface area contributed by atoms with E-state index in [1.165, 1.54) is 18.4 Å². The molecule has 2 N–H and O–H groups in total. The smallest absolute Gasteiger partial charge is 0.118 e. The fourth-order valence-electron chi connectivity index (χ4n) is 1.70. The van der Waals surface area contributed by atoms with Gasteiger partial charge in [0.05, 0.1) is 7.11 Å². The highest BCUT2D eigenvalue weighted by molar-refractivity contribution is 5.27. The normalized spacial score (nSPS) is 11.5. The van der Waals surface area contributed by atoms with Gasteiger partial charge < -0.3 is 10.5 Å². The van der Waals surface area contributed by atoms with Crippen molar-refractivity contribution in [3.8, 4) is 5.75 Å². The highest BCUT2D eigenvalue weighted by atomic mass is 16.5. The summed E-state index contributed by atoms with van der Waals surface area (Å²) >= 11 is 0. The summed E-state index contributed by atoms with van der Waals surface area (Å²) < 4.78 is 5.12. The Morgan fingerprint density at radius 1 is 1.12 bits per heavy atom. The van der Waals surface area contributed by atoms with Gasteiger partial charge in [-0.1, -0.05) is 18.6 Å². The Morgan fingerprint density at radius 2 is 1.75 bits per heavy atom. The van der Waals surface area contributed by atoms with Gasteiger partial charge in [-0.3, -0.25) is 0 Å². The predicted molar refractivity (Wildman–Crippen MR) is 68.8 cm³/mol. The van der Waals surface area contributed by atoms with Crippen molar-refractivity contribution in [3.05, 3.63) is 29.8 Å². The van der Waals surface area contributed by atoms with Crippen LogP contribution in [0.2, 0.25) is 0 Å². The highest BCUT2D eigenvalue weighted by Crippen LogP contribution is 2.15. The summed E-state index contributed by atoms with van der Waals surface area (Å²) in [6.07, 6.45) is 4.60. The summed E-state index contributed by atoms with van der Waals surface area (Å²) in [5.41, 5.74) is 7.28. The molecule has 0 amide bonds. The molecule has 0 unspecified atom stereocenters. The van der Waals surface area contributed by atoms with Gasteiger partial charge in [-0.15, -0.1) is 0 Å².